The molecule has 0 radical (unpaired) electrons. The van der Waals surface area contributed by atoms with Gasteiger partial charge in [0.05, 0.1) is 13.2 Å². The molecule has 6 nitrogen and oxygen atoms in total. The van der Waals surface area contributed by atoms with Crippen LogP contribution < -0.4 is 9.80 Å². The second-order valence-electron chi connectivity index (χ2n) is 6.08. The molecule has 7 heteroatoms. The van der Waals surface area contributed by atoms with Crippen LogP contribution in [0.5, 0.6) is 0 Å². The van der Waals surface area contributed by atoms with Crippen molar-refractivity contribution in [2.24, 2.45) is 5.92 Å². The van der Waals surface area contributed by atoms with Crippen molar-refractivity contribution in [1.29, 1.82) is 0 Å². The number of hydrogen-bond acceptors (Lipinski definition) is 6. The molecular weight excluding hydrogens is 290 g/mol. The fourth-order valence-corrected chi connectivity index (χ4v) is 2.69. The zero-order chi connectivity index (χ0) is 14.8. The molecule has 1 aromatic rings. The Balaban J connectivity index is 1.84. The summed E-state index contributed by atoms with van der Waals surface area (Å²) in [6, 6.07) is 0.559. The Morgan fingerprint density at radius 2 is 1.95 bits per heavy atom. The summed E-state index contributed by atoms with van der Waals surface area (Å²) < 4.78 is 5.37. The first-order valence-corrected chi connectivity index (χ1v) is 8.02. The molecule has 1 aromatic heterocycles. The summed E-state index contributed by atoms with van der Waals surface area (Å²) in [5.41, 5.74) is 0. The van der Waals surface area contributed by atoms with Crippen LogP contribution in [0.2, 0.25) is 5.28 Å². The maximum atomic E-state index is 6.13. The van der Waals surface area contributed by atoms with E-state index in [0.717, 1.165) is 19.6 Å². The van der Waals surface area contributed by atoms with Gasteiger partial charge in [-0.3, -0.25) is 0 Å². The molecular formula is C14H22ClN5O. The maximum Gasteiger partial charge on any atom is 0.231 e. The van der Waals surface area contributed by atoms with E-state index in [1.807, 2.05) is 0 Å². The molecule has 21 heavy (non-hydrogen) atoms. The van der Waals surface area contributed by atoms with Crippen LogP contribution in [0.1, 0.15) is 26.7 Å². The van der Waals surface area contributed by atoms with Crippen LogP contribution in [0.25, 0.3) is 0 Å². The van der Waals surface area contributed by atoms with Crippen molar-refractivity contribution in [3.05, 3.63) is 5.28 Å². The summed E-state index contributed by atoms with van der Waals surface area (Å²) in [6.45, 7) is 8.38. The van der Waals surface area contributed by atoms with Crippen molar-refractivity contribution >= 4 is 23.5 Å². The van der Waals surface area contributed by atoms with Crippen LogP contribution in [0.15, 0.2) is 0 Å². The number of rotatable bonds is 5. The monoisotopic (exact) mass is 311 g/mol. The van der Waals surface area contributed by atoms with Gasteiger partial charge in [-0.1, -0.05) is 13.8 Å². The Morgan fingerprint density at radius 3 is 2.57 bits per heavy atom. The summed E-state index contributed by atoms with van der Waals surface area (Å²) in [4.78, 5) is 17.7. The molecule has 0 bridgehead atoms. The van der Waals surface area contributed by atoms with Gasteiger partial charge in [0.2, 0.25) is 17.2 Å². The average Bonchev–Trinajstić information content (AvgIpc) is 3.29. The second kappa shape index (κ2) is 6.32. The van der Waals surface area contributed by atoms with Gasteiger partial charge in [-0.05, 0) is 30.4 Å². The lowest BCUT2D eigenvalue weighted by Gasteiger charge is -2.29. The zero-order valence-electron chi connectivity index (χ0n) is 12.6. The smallest absolute Gasteiger partial charge is 0.231 e. The summed E-state index contributed by atoms with van der Waals surface area (Å²) in [7, 11) is 0. The maximum absolute atomic E-state index is 6.13. The average molecular weight is 312 g/mol. The van der Waals surface area contributed by atoms with E-state index < -0.39 is 0 Å². The largest absolute Gasteiger partial charge is 0.378 e. The molecule has 116 valence electrons. The lowest BCUT2D eigenvalue weighted by molar-refractivity contribution is 0.122. The van der Waals surface area contributed by atoms with Crippen LogP contribution in [0.3, 0.4) is 0 Å². The number of morpholine rings is 1. The van der Waals surface area contributed by atoms with Crippen LogP contribution in [-0.2, 0) is 4.74 Å². The lowest BCUT2D eigenvalue weighted by Crippen LogP contribution is -2.38. The molecule has 2 heterocycles. The van der Waals surface area contributed by atoms with E-state index in [-0.39, 0.29) is 5.28 Å². The van der Waals surface area contributed by atoms with Gasteiger partial charge >= 0.3 is 0 Å². The third-order valence-corrected chi connectivity index (χ3v) is 3.85. The molecule has 1 aliphatic carbocycles. The topological polar surface area (TPSA) is 54.4 Å². The zero-order valence-corrected chi connectivity index (χ0v) is 13.4. The molecule has 0 atom stereocenters. The molecule has 1 saturated heterocycles. The van der Waals surface area contributed by atoms with Gasteiger partial charge in [0.25, 0.3) is 0 Å². The van der Waals surface area contributed by atoms with E-state index in [0.29, 0.717) is 37.1 Å². The van der Waals surface area contributed by atoms with E-state index in [4.69, 9.17) is 16.3 Å². The molecule has 0 unspecified atom stereocenters. The van der Waals surface area contributed by atoms with Crippen LogP contribution in [-0.4, -0.2) is 53.8 Å². The number of halogens is 1. The third-order valence-electron chi connectivity index (χ3n) is 3.68. The first kappa shape index (κ1) is 14.8. The minimum Gasteiger partial charge on any atom is -0.378 e. The van der Waals surface area contributed by atoms with Crippen LogP contribution in [0.4, 0.5) is 11.9 Å². The fraction of sp³-hybridized carbons (Fsp3) is 0.786. The van der Waals surface area contributed by atoms with Gasteiger partial charge in [0.1, 0.15) is 0 Å². The summed E-state index contributed by atoms with van der Waals surface area (Å²) in [5.74, 6) is 1.95. The molecule has 2 aliphatic rings. The van der Waals surface area contributed by atoms with E-state index in [1.54, 1.807) is 0 Å². The second-order valence-corrected chi connectivity index (χ2v) is 6.42. The van der Waals surface area contributed by atoms with E-state index in [1.165, 1.54) is 12.8 Å². The Bertz CT molecular complexity index is 488. The number of nitrogens with zero attached hydrogens (tertiary/aromatic N) is 5. The Kier molecular flexibility index (Phi) is 4.45. The SMILES string of the molecule is CC(C)CN(c1nc(Cl)nc(N2CCOCC2)n1)C1CC1. The van der Waals surface area contributed by atoms with Gasteiger partial charge < -0.3 is 14.5 Å². The van der Waals surface area contributed by atoms with Crippen LogP contribution >= 0.6 is 11.6 Å². The van der Waals surface area contributed by atoms with Crippen molar-refractivity contribution in [2.45, 2.75) is 32.7 Å². The Morgan fingerprint density at radius 1 is 1.24 bits per heavy atom. The quantitative estimate of drug-likeness (QED) is 0.829. The fourth-order valence-electron chi connectivity index (χ4n) is 2.54. The highest BCUT2D eigenvalue weighted by molar-refractivity contribution is 6.28. The molecule has 0 aromatic carbocycles. The Hall–Kier alpha value is -1.14. The molecule has 0 N–H and O–H groups in total. The van der Waals surface area contributed by atoms with Gasteiger partial charge in [-0.15, -0.1) is 0 Å². The summed E-state index contributed by atoms with van der Waals surface area (Å²) in [5, 5.41) is 0.274. The van der Waals surface area contributed by atoms with Gasteiger partial charge in [-0.2, -0.15) is 15.0 Å². The predicted octanol–water partition coefficient (Wildman–Crippen LogP) is 1.99. The van der Waals surface area contributed by atoms with Crippen molar-refractivity contribution in [3.8, 4) is 0 Å². The highest BCUT2D eigenvalue weighted by atomic mass is 35.5. The molecule has 0 amide bonds. The predicted molar refractivity (Wildman–Crippen MR) is 83.1 cm³/mol. The van der Waals surface area contributed by atoms with Crippen LogP contribution in [0, 0.1) is 5.92 Å². The van der Waals surface area contributed by atoms with Gasteiger partial charge in [0.15, 0.2) is 0 Å². The van der Waals surface area contributed by atoms with E-state index in [9.17, 15) is 0 Å². The minimum absolute atomic E-state index is 0.274. The molecule has 3 rings (SSSR count). The first-order chi connectivity index (χ1) is 10.1. The van der Waals surface area contributed by atoms with E-state index >= 15 is 0 Å². The number of aromatic nitrogens is 3. The lowest BCUT2D eigenvalue weighted by atomic mass is 10.2. The normalized spacial score (nSPS) is 19.1. The first-order valence-electron chi connectivity index (χ1n) is 7.64. The third kappa shape index (κ3) is 3.74. The molecule has 0 spiro atoms. The molecule has 1 saturated carbocycles. The summed E-state index contributed by atoms with van der Waals surface area (Å²) in [6.07, 6.45) is 2.42. The Labute approximate surface area is 130 Å². The highest BCUT2D eigenvalue weighted by Gasteiger charge is 2.32. The standard InChI is InChI=1S/C14H22ClN5O/c1-10(2)9-20(11-3-4-11)14-17-12(15)16-13(18-14)19-5-7-21-8-6-19/h10-11H,3-9H2,1-2H3. The van der Waals surface area contributed by atoms with Crippen molar-refractivity contribution in [1.82, 2.24) is 15.0 Å². The number of hydrogen-bond donors (Lipinski definition) is 0. The minimum atomic E-state index is 0.274. The number of ether oxygens (including phenoxy) is 1. The molecule has 2 fully saturated rings. The summed E-state index contributed by atoms with van der Waals surface area (Å²) >= 11 is 6.13. The van der Waals surface area contributed by atoms with Gasteiger partial charge in [0, 0.05) is 25.7 Å². The van der Waals surface area contributed by atoms with Crippen molar-refractivity contribution in [2.75, 3.05) is 42.6 Å². The van der Waals surface area contributed by atoms with E-state index in [2.05, 4.69) is 38.6 Å². The molecule has 1 aliphatic heterocycles. The van der Waals surface area contributed by atoms with Crippen molar-refractivity contribution < 1.29 is 4.74 Å². The van der Waals surface area contributed by atoms with Crippen molar-refractivity contribution in [3.63, 3.8) is 0 Å². The number of anilines is 2. The highest BCUT2D eigenvalue weighted by Crippen LogP contribution is 2.31. The van der Waals surface area contributed by atoms with Gasteiger partial charge in [-0.25, -0.2) is 0 Å².